The molecule has 0 radical (unpaired) electrons. The van der Waals surface area contributed by atoms with Gasteiger partial charge in [-0.15, -0.1) is 0 Å². The Hall–Kier alpha value is -1.10. The molecule has 6 unspecified atom stereocenters. The van der Waals surface area contributed by atoms with Crippen molar-refractivity contribution >= 4 is 5.78 Å². The van der Waals surface area contributed by atoms with E-state index in [9.17, 15) is 4.79 Å². The van der Waals surface area contributed by atoms with Gasteiger partial charge in [-0.3, -0.25) is 4.79 Å². The number of nitriles is 1. The lowest BCUT2D eigenvalue weighted by molar-refractivity contribution is -0.136. The maximum Gasteiger partial charge on any atom is 0.133 e. The average molecular weight is 311 g/mol. The summed E-state index contributed by atoms with van der Waals surface area (Å²) in [5.41, 5.74) is 2.11. The first-order valence-electron chi connectivity index (χ1n) is 9.60. The van der Waals surface area contributed by atoms with Crippen molar-refractivity contribution in [3.05, 3.63) is 11.6 Å². The zero-order chi connectivity index (χ0) is 16.2. The molecule has 124 valence electrons. The van der Waals surface area contributed by atoms with Gasteiger partial charge in [0.2, 0.25) is 0 Å². The van der Waals surface area contributed by atoms with Crippen LogP contribution in [0.1, 0.15) is 71.6 Å². The number of hydrogen-bond acceptors (Lipinski definition) is 2. The second kappa shape index (κ2) is 5.20. The number of rotatable bonds is 0. The highest BCUT2D eigenvalue weighted by Crippen LogP contribution is 2.67. The molecule has 0 aromatic carbocycles. The van der Waals surface area contributed by atoms with Crippen molar-refractivity contribution in [3.63, 3.8) is 0 Å². The van der Waals surface area contributed by atoms with Crippen LogP contribution >= 0.6 is 0 Å². The Morgan fingerprint density at radius 2 is 1.91 bits per heavy atom. The van der Waals surface area contributed by atoms with Gasteiger partial charge in [0.1, 0.15) is 5.78 Å². The molecule has 0 spiro atoms. The predicted molar refractivity (Wildman–Crippen MR) is 90.4 cm³/mol. The minimum Gasteiger partial charge on any atom is -0.300 e. The molecular weight excluding hydrogens is 282 g/mol. The largest absolute Gasteiger partial charge is 0.300 e. The molecule has 0 saturated heterocycles. The summed E-state index contributed by atoms with van der Waals surface area (Å²) in [6.07, 6.45) is 12.2. The summed E-state index contributed by atoms with van der Waals surface area (Å²) in [4.78, 5) is 11.9. The minimum atomic E-state index is 0.282. The molecule has 0 N–H and O–H groups in total. The van der Waals surface area contributed by atoms with Crippen molar-refractivity contribution in [2.75, 3.05) is 0 Å². The number of hydrogen-bond donors (Lipinski definition) is 0. The predicted octanol–water partition coefficient (Wildman–Crippen LogP) is 5.05. The first kappa shape index (κ1) is 15.4. The van der Waals surface area contributed by atoms with Gasteiger partial charge < -0.3 is 0 Å². The zero-order valence-corrected chi connectivity index (χ0v) is 14.6. The van der Waals surface area contributed by atoms with Crippen LogP contribution < -0.4 is 0 Å². The van der Waals surface area contributed by atoms with E-state index in [1.165, 1.54) is 37.7 Å². The van der Waals surface area contributed by atoms with Crippen LogP contribution in [-0.2, 0) is 4.79 Å². The van der Waals surface area contributed by atoms with E-state index in [0.29, 0.717) is 17.1 Å². The Bertz CT molecular complexity index is 599. The van der Waals surface area contributed by atoms with Gasteiger partial charge in [-0.1, -0.05) is 19.4 Å². The SMILES string of the molecule is CC12CCC3C(CCC4CC(=O)CCC43C)C1CC/C2=C/C#N. The summed E-state index contributed by atoms with van der Waals surface area (Å²) in [6.45, 7) is 4.94. The Morgan fingerprint density at radius 3 is 2.70 bits per heavy atom. The van der Waals surface area contributed by atoms with Gasteiger partial charge in [0.25, 0.3) is 0 Å². The molecule has 0 heterocycles. The van der Waals surface area contributed by atoms with Crippen LogP contribution in [0.15, 0.2) is 11.6 Å². The molecule has 4 aliphatic carbocycles. The molecule has 2 nitrogen and oxygen atoms in total. The van der Waals surface area contributed by atoms with Gasteiger partial charge in [-0.25, -0.2) is 0 Å². The number of fused-ring (bicyclic) bond motifs is 5. The normalized spacial score (nSPS) is 50.8. The zero-order valence-electron chi connectivity index (χ0n) is 14.6. The Labute approximate surface area is 140 Å². The van der Waals surface area contributed by atoms with Crippen LogP contribution in [0.4, 0.5) is 0 Å². The maximum absolute atomic E-state index is 11.9. The monoisotopic (exact) mass is 311 g/mol. The van der Waals surface area contributed by atoms with Crippen molar-refractivity contribution in [3.8, 4) is 6.07 Å². The lowest BCUT2D eigenvalue weighted by atomic mass is 9.45. The summed E-state index contributed by atoms with van der Waals surface area (Å²) in [5.74, 6) is 3.56. The highest BCUT2D eigenvalue weighted by molar-refractivity contribution is 5.79. The molecule has 4 rings (SSSR count). The van der Waals surface area contributed by atoms with Crippen LogP contribution in [0.3, 0.4) is 0 Å². The van der Waals surface area contributed by atoms with Crippen molar-refractivity contribution in [1.29, 1.82) is 5.26 Å². The Balaban J connectivity index is 1.64. The fraction of sp³-hybridized carbons (Fsp3) is 0.810. The molecule has 0 bridgehead atoms. The number of Topliss-reactive ketones (excluding diaryl/α,β-unsaturated/α-hetero) is 1. The molecule has 4 aliphatic rings. The van der Waals surface area contributed by atoms with Crippen molar-refractivity contribution in [1.82, 2.24) is 0 Å². The molecule has 4 fully saturated rings. The van der Waals surface area contributed by atoms with E-state index in [1.54, 1.807) is 0 Å². The highest BCUT2D eigenvalue weighted by Gasteiger charge is 2.58. The van der Waals surface area contributed by atoms with Crippen LogP contribution in [0, 0.1) is 45.8 Å². The Kier molecular flexibility index (Phi) is 3.49. The van der Waals surface area contributed by atoms with E-state index >= 15 is 0 Å². The molecule has 0 amide bonds. The van der Waals surface area contributed by atoms with Crippen molar-refractivity contribution in [2.45, 2.75) is 71.6 Å². The fourth-order valence-electron chi connectivity index (χ4n) is 7.21. The molecule has 0 aromatic rings. The molecule has 4 saturated carbocycles. The van der Waals surface area contributed by atoms with Crippen molar-refractivity contribution in [2.24, 2.45) is 34.5 Å². The lowest BCUT2D eigenvalue weighted by Crippen LogP contribution is -2.52. The third kappa shape index (κ3) is 2.08. The number of carbonyl (C=O) groups is 1. The summed E-state index contributed by atoms with van der Waals surface area (Å²) < 4.78 is 0. The maximum atomic E-state index is 11.9. The minimum absolute atomic E-state index is 0.282. The van der Waals surface area contributed by atoms with E-state index in [2.05, 4.69) is 19.9 Å². The van der Waals surface area contributed by atoms with Gasteiger partial charge in [0.05, 0.1) is 6.07 Å². The summed E-state index contributed by atoms with van der Waals surface area (Å²) in [5, 5.41) is 9.13. The van der Waals surface area contributed by atoms with Gasteiger partial charge >= 0.3 is 0 Å². The fourth-order valence-corrected chi connectivity index (χ4v) is 7.21. The van der Waals surface area contributed by atoms with Gasteiger partial charge in [0.15, 0.2) is 0 Å². The molecule has 2 heteroatoms. The van der Waals surface area contributed by atoms with Crippen LogP contribution in [0.5, 0.6) is 0 Å². The standard InChI is InChI=1S/C21H29NO/c1-20-11-8-19-17(18(20)6-4-14(20)9-12-22)5-3-15-13-16(23)7-10-21(15,19)2/h9,15,17-19H,3-8,10-11,13H2,1-2H3/b14-9-. The first-order valence-corrected chi connectivity index (χ1v) is 9.60. The highest BCUT2D eigenvalue weighted by atomic mass is 16.1. The lowest BCUT2D eigenvalue weighted by Gasteiger charge is -2.59. The average Bonchev–Trinajstić information content (AvgIpc) is 2.85. The van der Waals surface area contributed by atoms with E-state index < -0.39 is 0 Å². The number of carbonyl (C=O) groups excluding carboxylic acids is 1. The molecule has 0 aromatic heterocycles. The number of allylic oxidation sites excluding steroid dienone is 2. The third-order valence-corrected chi connectivity index (χ3v) is 8.57. The molecule has 0 aliphatic heterocycles. The molecule has 23 heavy (non-hydrogen) atoms. The molecular formula is C21H29NO. The second-order valence-electron chi connectivity index (χ2n) is 9.19. The van der Waals surface area contributed by atoms with E-state index in [0.717, 1.165) is 43.4 Å². The second-order valence-corrected chi connectivity index (χ2v) is 9.19. The number of nitrogens with zero attached hydrogens (tertiary/aromatic N) is 1. The third-order valence-electron chi connectivity index (χ3n) is 8.57. The summed E-state index contributed by atoms with van der Waals surface area (Å²) in [6, 6.07) is 2.30. The van der Waals surface area contributed by atoms with E-state index in [-0.39, 0.29) is 5.41 Å². The van der Waals surface area contributed by atoms with Crippen molar-refractivity contribution < 1.29 is 4.79 Å². The van der Waals surface area contributed by atoms with Gasteiger partial charge in [-0.2, -0.15) is 5.26 Å². The van der Waals surface area contributed by atoms with Gasteiger partial charge in [0, 0.05) is 18.9 Å². The van der Waals surface area contributed by atoms with Crippen LogP contribution in [0.2, 0.25) is 0 Å². The van der Waals surface area contributed by atoms with E-state index in [1.807, 2.05) is 6.08 Å². The summed E-state index contributed by atoms with van der Waals surface area (Å²) >= 11 is 0. The van der Waals surface area contributed by atoms with E-state index in [4.69, 9.17) is 5.26 Å². The first-order chi connectivity index (χ1) is 11.0. The van der Waals surface area contributed by atoms with Crippen LogP contribution in [0.25, 0.3) is 0 Å². The summed E-state index contributed by atoms with van der Waals surface area (Å²) in [7, 11) is 0. The van der Waals surface area contributed by atoms with Crippen LogP contribution in [-0.4, -0.2) is 5.78 Å². The number of ketones is 1. The topological polar surface area (TPSA) is 40.9 Å². The molecule has 6 atom stereocenters. The quantitative estimate of drug-likeness (QED) is 0.587. The smallest absolute Gasteiger partial charge is 0.133 e. The van der Waals surface area contributed by atoms with Gasteiger partial charge in [-0.05, 0) is 79.4 Å². The Morgan fingerprint density at radius 1 is 1.09 bits per heavy atom.